The van der Waals surface area contributed by atoms with Gasteiger partial charge in [0.15, 0.2) is 6.61 Å². The highest BCUT2D eigenvalue weighted by Gasteiger charge is 2.09. The standard InChI is InChI=1S/C19H18N4O2S/c1(10-23-11-9-20-14-23)3-15-5-7-16(8-6-15)24-13-18-21-19(22-25-18)17-4-2-12-26-17/h2,4-9,11-12,14H,1,3,10,13H2. The number of aromatic nitrogens is 4. The van der Waals surface area contributed by atoms with Crippen LogP contribution in [0.1, 0.15) is 17.9 Å². The van der Waals surface area contributed by atoms with Crippen LogP contribution in [-0.2, 0) is 19.6 Å². The number of imidazole rings is 1. The number of thiophene rings is 1. The first-order valence-corrected chi connectivity index (χ1v) is 9.29. The lowest BCUT2D eigenvalue weighted by Gasteiger charge is -2.06. The molecule has 0 aliphatic rings. The molecule has 0 atom stereocenters. The van der Waals surface area contributed by atoms with Gasteiger partial charge in [0.1, 0.15) is 5.75 Å². The highest BCUT2D eigenvalue weighted by Crippen LogP contribution is 2.22. The van der Waals surface area contributed by atoms with Crippen LogP contribution in [0, 0.1) is 0 Å². The molecule has 4 rings (SSSR count). The Bertz CT molecular complexity index is 915. The van der Waals surface area contributed by atoms with Crippen molar-refractivity contribution < 1.29 is 9.26 Å². The summed E-state index contributed by atoms with van der Waals surface area (Å²) in [6.45, 7) is 1.24. The monoisotopic (exact) mass is 366 g/mol. The lowest BCUT2D eigenvalue weighted by atomic mass is 10.1. The smallest absolute Gasteiger partial charge is 0.264 e. The summed E-state index contributed by atoms with van der Waals surface area (Å²) in [4.78, 5) is 9.39. The van der Waals surface area contributed by atoms with Gasteiger partial charge in [-0.15, -0.1) is 11.3 Å². The summed E-state index contributed by atoms with van der Waals surface area (Å²) in [6, 6.07) is 12.1. The highest BCUT2D eigenvalue weighted by atomic mass is 32.1. The van der Waals surface area contributed by atoms with Crippen molar-refractivity contribution in [3.63, 3.8) is 0 Å². The van der Waals surface area contributed by atoms with Crippen LogP contribution >= 0.6 is 11.3 Å². The molecule has 0 radical (unpaired) electrons. The zero-order chi connectivity index (χ0) is 17.6. The van der Waals surface area contributed by atoms with Gasteiger partial charge in [-0.2, -0.15) is 4.98 Å². The van der Waals surface area contributed by atoms with Crippen molar-refractivity contribution in [2.45, 2.75) is 26.0 Å². The molecule has 7 heteroatoms. The molecule has 0 unspecified atom stereocenters. The molecule has 0 fully saturated rings. The molecule has 0 saturated heterocycles. The molecule has 3 heterocycles. The lowest BCUT2D eigenvalue weighted by molar-refractivity contribution is 0.243. The number of benzene rings is 1. The van der Waals surface area contributed by atoms with Crippen LogP contribution in [0.4, 0.5) is 0 Å². The van der Waals surface area contributed by atoms with E-state index in [1.807, 2.05) is 42.2 Å². The third-order valence-electron chi connectivity index (χ3n) is 3.94. The second-order valence-corrected chi connectivity index (χ2v) is 6.77. The molecule has 0 aliphatic carbocycles. The van der Waals surface area contributed by atoms with Gasteiger partial charge in [-0.05, 0) is 42.0 Å². The molecule has 0 aliphatic heterocycles. The third kappa shape index (κ3) is 4.18. The number of aryl methyl sites for hydroxylation is 2. The van der Waals surface area contributed by atoms with Gasteiger partial charge in [0.05, 0.1) is 11.2 Å². The minimum Gasteiger partial charge on any atom is -0.484 e. The maximum absolute atomic E-state index is 5.74. The lowest BCUT2D eigenvalue weighted by Crippen LogP contribution is -1.98. The highest BCUT2D eigenvalue weighted by molar-refractivity contribution is 7.13. The molecule has 0 bridgehead atoms. The van der Waals surface area contributed by atoms with E-state index >= 15 is 0 Å². The summed E-state index contributed by atoms with van der Waals surface area (Å²) in [5.74, 6) is 1.86. The van der Waals surface area contributed by atoms with Gasteiger partial charge in [-0.1, -0.05) is 23.4 Å². The minimum atomic E-state index is 0.262. The minimum absolute atomic E-state index is 0.262. The summed E-state index contributed by atoms with van der Waals surface area (Å²) in [5.41, 5.74) is 1.29. The molecule has 1 aromatic carbocycles. The predicted molar refractivity (Wildman–Crippen MR) is 98.9 cm³/mol. The average molecular weight is 366 g/mol. The number of hydrogen-bond donors (Lipinski definition) is 0. The number of rotatable bonds is 8. The van der Waals surface area contributed by atoms with Crippen LogP contribution in [0.3, 0.4) is 0 Å². The van der Waals surface area contributed by atoms with Gasteiger partial charge in [0.25, 0.3) is 5.89 Å². The van der Waals surface area contributed by atoms with Crippen molar-refractivity contribution in [2.75, 3.05) is 0 Å². The molecule has 3 aromatic heterocycles. The number of ether oxygens (including phenoxy) is 1. The molecule has 6 nitrogen and oxygen atoms in total. The fourth-order valence-corrected chi connectivity index (χ4v) is 3.25. The molecular formula is C19H18N4O2S. The van der Waals surface area contributed by atoms with Crippen molar-refractivity contribution in [3.8, 4) is 16.5 Å². The zero-order valence-corrected chi connectivity index (χ0v) is 14.9. The number of nitrogens with zero attached hydrogens (tertiary/aromatic N) is 4. The van der Waals surface area contributed by atoms with E-state index in [-0.39, 0.29) is 6.61 Å². The fourth-order valence-electron chi connectivity index (χ4n) is 2.60. The fraction of sp³-hybridized carbons (Fsp3) is 0.211. The van der Waals surface area contributed by atoms with Crippen molar-refractivity contribution in [3.05, 3.63) is 72.0 Å². The van der Waals surface area contributed by atoms with E-state index in [1.54, 1.807) is 17.5 Å². The topological polar surface area (TPSA) is 66.0 Å². The molecule has 0 amide bonds. The summed E-state index contributed by atoms with van der Waals surface area (Å²) in [5, 5.41) is 5.96. The summed E-state index contributed by atoms with van der Waals surface area (Å²) in [6.07, 6.45) is 7.73. The largest absolute Gasteiger partial charge is 0.484 e. The summed E-state index contributed by atoms with van der Waals surface area (Å²) < 4.78 is 13.1. The molecule has 26 heavy (non-hydrogen) atoms. The SMILES string of the molecule is c1csc(-c2noc(COc3ccc(CCCn4ccnc4)cc3)n2)c1. The van der Waals surface area contributed by atoms with Gasteiger partial charge in [0.2, 0.25) is 5.82 Å². The Balaban J connectivity index is 1.26. The Kier molecular flexibility index (Phi) is 5.07. The second kappa shape index (κ2) is 7.97. The first-order chi connectivity index (χ1) is 12.9. The Morgan fingerprint density at radius 2 is 2.08 bits per heavy atom. The van der Waals surface area contributed by atoms with E-state index in [2.05, 4.69) is 31.8 Å². The van der Waals surface area contributed by atoms with Crippen LogP contribution < -0.4 is 4.74 Å². The maximum Gasteiger partial charge on any atom is 0.264 e. The summed E-state index contributed by atoms with van der Waals surface area (Å²) in [7, 11) is 0. The molecule has 0 N–H and O–H groups in total. The Labute approximate surface area is 155 Å². The van der Waals surface area contributed by atoms with Gasteiger partial charge in [-0.3, -0.25) is 0 Å². The normalized spacial score (nSPS) is 10.9. The van der Waals surface area contributed by atoms with E-state index in [1.165, 1.54) is 5.56 Å². The zero-order valence-electron chi connectivity index (χ0n) is 14.1. The van der Waals surface area contributed by atoms with Gasteiger partial charge in [-0.25, -0.2) is 4.98 Å². The number of hydrogen-bond acceptors (Lipinski definition) is 6. The Morgan fingerprint density at radius 1 is 1.15 bits per heavy atom. The second-order valence-electron chi connectivity index (χ2n) is 5.83. The van der Waals surface area contributed by atoms with Crippen molar-refractivity contribution in [1.82, 2.24) is 19.7 Å². The van der Waals surface area contributed by atoms with E-state index in [9.17, 15) is 0 Å². The Hall–Kier alpha value is -2.93. The van der Waals surface area contributed by atoms with E-state index in [4.69, 9.17) is 9.26 Å². The van der Waals surface area contributed by atoms with Gasteiger partial charge < -0.3 is 13.8 Å². The average Bonchev–Trinajstić information content (AvgIpc) is 3.42. The molecule has 0 spiro atoms. The first-order valence-electron chi connectivity index (χ1n) is 8.41. The predicted octanol–water partition coefficient (Wildman–Crippen LogP) is 4.21. The van der Waals surface area contributed by atoms with Crippen molar-refractivity contribution in [1.29, 1.82) is 0 Å². The van der Waals surface area contributed by atoms with Gasteiger partial charge >= 0.3 is 0 Å². The molecule has 132 valence electrons. The molecule has 0 saturated carbocycles. The van der Waals surface area contributed by atoms with E-state index in [0.29, 0.717) is 11.7 Å². The van der Waals surface area contributed by atoms with Crippen molar-refractivity contribution >= 4 is 11.3 Å². The van der Waals surface area contributed by atoms with E-state index in [0.717, 1.165) is 30.0 Å². The summed E-state index contributed by atoms with van der Waals surface area (Å²) >= 11 is 1.58. The van der Waals surface area contributed by atoms with Crippen molar-refractivity contribution in [2.24, 2.45) is 0 Å². The molecular weight excluding hydrogens is 348 g/mol. The first kappa shape index (κ1) is 16.5. The quantitative estimate of drug-likeness (QED) is 0.467. The third-order valence-corrected chi connectivity index (χ3v) is 4.80. The van der Waals surface area contributed by atoms with Crippen LogP contribution in [0.15, 0.2) is 65.0 Å². The van der Waals surface area contributed by atoms with Crippen LogP contribution in [0.5, 0.6) is 5.75 Å². The van der Waals surface area contributed by atoms with E-state index < -0.39 is 0 Å². The maximum atomic E-state index is 5.74. The van der Waals surface area contributed by atoms with Crippen LogP contribution in [0.25, 0.3) is 10.7 Å². The van der Waals surface area contributed by atoms with Crippen LogP contribution in [0.2, 0.25) is 0 Å². The van der Waals surface area contributed by atoms with Crippen LogP contribution in [-0.4, -0.2) is 19.7 Å². The molecule has 4 aromatic rings. The Morgan fingerprint density at radius 3 is 2.85 bits per heavy atom. The van der Waals surface area contributed by atoms with Gasteiger partial charge in [0, 0.05) is 18.9 Å².